The van der Waals surface area contributed by atoms with Crippen molar-refractivity contribution in [2.24, 2.45) is 5.92 Å². The Kier molecular flexibility index (Phi) is 8.31. The van der Waals surface area contributed by atoms with Crippen molar-refractivity contribution < 1.29 is 9.53 Å². The van der Waals surface area contributed by atoms with E-state index < -0.39 is 0 Å². The van der Waals surface area contributed by atoms with Crippen LogP contribution in [0.3, 0.4) is 0 Å². The zero-order valence-electron chi connectivity index (χ0n) is 17.7. The summed E-state index contributed by atoms with van der Waals surface area (Å²) in [6.07, 6.45) is 3.41. The number of hydrogen-bond donors (Lipinski definition) is 0. The van der Waals surface area contributed by atoms with Gasteiger partial charge in [-0.05, 0) is 50.8 Å². The number of nitrogens with zero attached hydrogens (tertiary/aromatic N) is 3. The van der Waals surface area contributed by atoms with Crippen molar-refractivity contribution in [1.82, 2.24) is 14.7 Å². The van der Waals surface area contributed by atoms with E-state index in [9.17, 15) is 4.79 Å². The standard InChI is InChI=1S/C23H37N3O2/c1-3-10-26(18-21-6-4-20(2)5-7-21)23(27)19-24-11-8-22(9-12-24)17-25-13-15-28-16-14-25/h4-7,22H,3,8-19H2,1-2H3. The largest absolute Gasteiger partial charge is 0.379 e. The summed E-state index contributed by atoms with van der Waals surface area (Å²) in [5.74, 6) is 1.04. The maximum Gasteiger partial charge on any atom is 0.237 e. The van der Waals surface area contributed by atoms with Gasteiger partial charge in [-0.2, -0.15) is 0 Å². The Labute approximate surface area is 170 Å². The molecule has 0 unspecified atom stereocenters. The van der Waals surface area contributed by atoms with Gasteiger partial charge in [-0.3, -0.25) is 14.6 Å². The van der Waals surface area contributed by atoms with Crippen molar-refractivity contribution in [1.29, 1.82) is 0 Å². The van der Waals surface area contributed by atoms with Gasteiger partial charge in [0.2, 0.25) is 5.91 Å². The third kappa shape index (κ3) is 6.57. The lowest BCUT2D eigenvalue weighted by Crippen LogP contribution is -2.46. The first-order valence-electron chi connectivity index (χ1n) is 11.0. The van der Waals surface area contributed by atoms with Crippen LogP contribution in [0.25, 0.3) is 0 Å². The zero-order valence-corrected chi connectivity index (χ0v) is 17.7. The fourth-order valence-electron chi connectivity index (χ4n) is 4.24. The maximum absolute atomic E-state index is 12.9. The summed E-state index contributed by atoms with van der Waals surface area (Å²) in [6.45, 7) is 13.6. The third-order valence-corrected chi connectivity index (χ3v) is 6.03. The summed E-state index contributed by atoms with van der Waals surface area (Å²) in [4.78, 5) is 19.9. The molecule has 2 aliphatic heterocycles. The number of benzene rings is 1. The summed E-state index contributed by atoms with van der Waals surface area (Å²) in [5.41, 5.74) is 2.48. The summed E-state index contributed by atoms with van der Waals surface area (Å²) in [7, 11) is 0. The highest BCUT2D eigenvalue weighted by Crippen LogP contribution is 2.19. The van der Waals surface area contributed by atoms with Gasteiger partial charge in [-0.15, -0.1) is 0 Å². The number of rotatable bonds is 8. The highest BCUT2D eigenvalue weighted by atomic mass is 16.5. The molecular formula is C23H37N3O2. The molecule has 0 aliphatic carbocycles. The molecule has 0 radical (unpaired) electrons. The predicted octanol–water partition coefficient (Wildman–Crippen LogP) is 2.78. The van der Waals surface area contributed by atoms with Crippen LogP contribution in [0, 0.1) is 12.8 Å². The van der Waals surface area contributed by atoms with Crippen LogP contribution in [0.4, 0.5) is 0 Å². The highest BCUT2D eigenvalue weighted by Gasteiger charge is 2.25. The number of aryl methyl sites for hydroxylation is 1. The van der Waals surface area contributed by atoms with Crippen LogP contribution in [-0.4, -0.2) is 79.6 Å². The van der Waals surface area contributed by atoms with E-state index in [4.69, 9.17) is 4.74 Å². The lowest BCUT2D eigenvalue weighted by atomic mass is 9.96. The number of carbonyl (C=O) groups is 1. The van der Waals surface area contributed by atoms with E-state index >= 15 is 0 Å². The SMILES string of the molecule is CCCN(Cc1ccc(C)cc1)C(=O)CN1CCC(CN2CCOCC2)CC1. The second-order valence-corrected chi connectivity index (χ2v) is 8.43. The van der Waals surface area contributed by atoms with Crippen molar-refractivity contribution in [2.75, 3.05) is 59.0 Å². The lowest BCUT2D eigenvalue weighted by molar-refractivity contribution is -0.133. The number of likely N-dealkylation sites (tertiary alicyclic amines) is 1. The molecular weight excluding hydrogens is 350 g/mol. The predicted molar refractivity (Wildman–Crippen MR) is 113 cm³/mol. The van der Waals surface area contributed by atoms with Crippen molar-refractivity contribution in [2.45, 2.75) is 39.7 Å². The Hall–Kier alpha value is -1.43. The summed E-state index contributed by atoms with van der Waals surface area (Å²) in [5, 5.41) is 0. The highest BCUT2D eigenvalue weighted by molar-refractivity contribution is 5.78. The molecule has 0 bridgehead atoms. The maximum atomic E-state index is 12.9. The molecule has 2 fully saturated rings. The first-order valence-corrected chi connectivity index (χ1v) is 11.0. The van der Waals surface area contributed by atoms with Gasteiger partial charge in [0.05, 0.1) is 19.8 Å². The Morgan fingerprint density at radius 1 is 1.07 bits per heavy atom. The van der Waals surface area contributed by atoms with Crippen LogP contribution in [0.2, 0.25) is 0 Å². The number of carbonyl (C=O) groups excluding carboxylic acids is 1. The summed E-state index contributed by atoms with van der Waals surface area (Å²) >= 11 is 0. The molecule has 1 aromatic carbocycles. The van der Waals surface area contributed by atoms with E-state index in [1.54, 1.807) is 0 Å². The van der Waals surface area contributed by atoms with Gasteiger partial charge in [0.1, 0.15) is 0 Å². The molecule has 0 N–H and O–H groups in total. The molecule has 0 aromatic heterocycles. The van der Waals surface area contributed by atoms with Gasteiger partial charge < -0.3 is 9.64 Å². The Bertz CT molecular complexity index is 590. The van der Waals surface area contributed by atoms with Crippen molar-refractivity contribution >= 4 is 5.91 Å². The fourth-order valence-corrected chi connectivity index (χ4v) is 4.24. The molecule has 2 aliphatic rings. The van der Waals surface area contributed by atoms with Crippen LogP contribution < -0.4 is 0 Å². The normalized spacial score (nSPS) is 19.6. The Balaban J connectivity index is 1.44. The van der Waals surface area contributed by atoms with Gasteiger partial charge in [0, 0.05) is 32.7 Å². The van der Waals surface area contributed by atoms with Gasteiger partial charge in [0.25, 0.3) is 0 Å². The zero-order chi connectivity index (χ0) is 19.8. The first-order chi connectivity index (χ1) is 13.6. The van der Waals surface area contributed by atoms with E-state index in [-0.39, 0.29) is 5.91 Å². The quantitative estimate of drug-likeness (QED) is 0.687. The van der Waals surface area contributed by atoms with Crippen LogP contribution in [-0.2, 0) is 16.1 Å². The van der Waals surface area contributed by atoms with Crippen LogP contribution >= 0.6 is 0 Å². The molecule has 1 aromatic rings. The first kappa shape index (κ1) is 21.3. The van der Waals surface area contributed by atoms with Crippen molar-refractivity contribution in [3.05, 3.63) is 35.4 Å². The molecule has 28 heavy (non-hydrogen) atoms. The van der Waals surface area contributed by atoms with Crippen molar-refractivity contribution in [3.63, 3.8) is 0 Å². The average molecular weight is 388 g/mol. The van der Waals surface area contributed by atoms with E-state index in [0.29, 0.717) is 6.54 Å². The molecule has 0 atom stereocenters. The minimum atomic E-state index is 0.272. The van der Waals surface area contributed by atoms with Gasteiger partial charge in [-0.1, -0.05) is 36.8 Å². The molecule has 0 spiro atoms. The molecule has 5 heteroatoms. The van der Waals surface area contributed by atoms with Gasteiger partial charge in [0.15, 0.2) is 0 Å². The molecule has 2 heterocycles. The van der Waals surface area contributed by atoms with Crippen LogP contribution in [0.15, 0.2) is 24.3 Å². The smallest absolute Gasteiger partial charge is 0.237 e. The third-order valence-electron chi connectivity index (χ3n) is 6.03. The summed E-state index contributed by atoms with van der Waals surface area (Å²) in [6, 6.07) is 8.54. The molecule has 1 amide bonds. The molecule has 0 saturated carbocycles. The Morgan fingerprint density at radius 2 is 1.75 bits per heavy atom. The van der Waals surface area contributed by atoms with E-state index in [1.165, 1.54) is 30.5 Å². The monoisotopic (exact) mass is 387 g/mol. The van der Waals surface area contributed by atoms with Crippen LogP contribution in [0.1, 0.15) is 37.3 Å². The molecule has 3 rings (SSSR count). The lowest BCUT2D eigenvalue weighted by Gasteiger charge is -2.36. The number of amides is 1. The van der Waals surface area contributed by atoms with E-state index in [1.807, 2.05) is 4.90 Å². The molecule has 156 valence electrons. The van der Waals surface area contributed by atoms with E-state index in [0.717, 1.165) is 64.8 Å². The number of ether oxygens (including phenoxy) is 1. The van der Waals surface area contributed by atoms with Crippen molar-refractivity contribution in [3.8, 4) is 0 Å². The molecule has 5 nitrogen and oxygen atoms in total. The second-order valence-electron chi connectivity index (χ2n) is 8.43. The summed E-state index contributed by atoms with van der Waals surface area (Å²) < 4.78 is 5.45. The van der Waals surface area contributed by atoms with Crippen LogP contribution in [0.5, 0.6) is 0 Å². The Morgan fingerprint density at radius 3 is 2.39 bits per heavy atom. The number of morpholine rings is 1. The van der Waals surface area contributed by atoms with Gasteiger partial charge >= 0.3 is 0 Å². The fraction of sp³-hybridized carbons (Fsp3) is 0.696. The van der Waals surface area contributed by atoms with Gasteiger partial charge in [-0.25, -0.2) is 0 Å². The second kappa shape index (κ2) is 10.9. The molecule has 2 saturated heterocycles. The number of piperidine rings is 1. The average Bonchev–Trinajstić information content (AvgIpc) is 2.71. The topological polar surface area (TPSA) is 36.0 Å². The van der Waals surface area contributed by atoms with E-state index in [2.05, 4.69) is 47.9 Å². The minimum absolute atomic E-state index is 0.272. The number of hydrogen-bond acceptors (Lipinski definition) is 4. The minimum Gasteiger partial charge on any atom is -0.379 e.